The van der Waals surface area contributed by atoms with Gasteiger partial charge in [0.15, 0.2) is 0 Å². The number of methoxy groups -OCH3 is 1. The number of imidazole rings is 1. The molecule has 5 nitrogen and oxygen atoms in total. The molecule has 5 heteroatoms. The fourth-order valence-electron chi connectivity index (χ4n) is 2.63. The van der Waals surface area contributed by atoms with Crippen LogP contribution in [0.4, 0.5) is 5.69 Å². The second-order valence-electron chi connectivity index (χ2n) is 5.46. The van der Waals surface area contributed by atoms with Crippen molar-refractivity contribution in [1.29, 1.82) is 0 Å². The van der Waals surface area contributed by atoms with Crippen molar-refractivity contribution in [2.75, 3.05) is 12.4 Å². The van der Waals surface area contributed by atoms with Crippen LogP contribution < -0.4 is 10.1 Å². The lowest BCUT2D eigenvalue weighted by molar-refractivity contribution is -0.115. The lowest BCUT2D eigenvalue weighted by Gasteiger charge is -2.09. The Bertz CT molecular complexity index is 868. The Morgan fingerprint density at radius 3 is 2.83 bits per heavy atom. The minimum absolute atomic E-state index is 0.0819. The molecule has 0 saturated carbocycles. The molecule has 0 aliphatic carbocycles. The topological polar surface area (TPSA) is 56.1 Å². The van der Waals surface area contributed by atoms with Gasteiger partial charge < -0.3 is 14.6 Å². The molecular formula is C18H19N3O2. The summed E-state index contributed by atoms with van der Waals surface area (Å²) in [5.41, 5.74) is 3.53. The van der Waals surface area contributed by atoms with Gasteiger partial charge in [-0.1, -0.05) is 18.2 Å². The highest BCUT2D eigenvalue weighted by molar-refractivity contribution is 5.94. The Morgan fingerprint density at radius 2 is 2.04 bits per heavy atom. The van der Waals surface area contributed by atoms with Crippen LogP contribution in [0.15, 0.2) is 42.5 Å². The van der Waals surface area contributed by atoms with E-state index in [1.165, 1.54) is 0 Å². The van der Waals surface area contributed by atoms with Crippen LogP contribution >= 0.6 is 0 Å². The van der Waals surface area contributed by atoms with Gasteiger partial charge in [0, 0.05) is 18.3 Å². The maximum absolute atomic E-state index is 12.3. The molecule has 118 valence electrons. The van der Waals surface area contributed by atoms with E-state index in [2.05, 4.69) is 10.3 Å². The highest BCUT2D eigenvalue weighted by Gasteiger charge is 2.10. The number of para-hydroxylation sites is 1. The Labute approximate surface area is 134 Å². The number of amides is 1. The maximum atomic E-state index is 12.3. The van der Waals surface area contributed by atoms with Gasteiger partial charge in [-0.25, -0.2) is 4.98 Å². The SMILES string of the molecule is COc1ccccc1CC(=O)Nc1ccc2c(c1)nc(C)n2C. The molecular weight excluding hydrogens is 290 g/mol. The number of aromatic nitrogens is 2. The Balaban J connectivity index is 1.77. The Kier molecular flexibility index (Phi) is 4.02. The number of aryl methyl sites for hydroxylation is 2. The number of carbonyl (C=O) groups is 1. The summed E-state index contributed by atoms with van der Waals surface area (Å²) in [5.74, 6) is 1.58. The van der Waals surface area contributed by atoms with Gasteiger partial charge in [0.25, 0.3) is 0 Å². The van der Waals surface area contributed by atoms with E-state index in [0.717, 1.165) is 33.9 Å². The van der Waals surface area contributed by atoms with E-state index >= 15 is 0 Å². The largest absolute Gasteiger partial charge is 0.496 e. The molecule has 0 saturated heterocycles. The van der Waals surface area contributed by atoms with Crippen LogP contribution in [-0.2, 0) is 18.3 Å². The van der Waals surface area contributed by atoms with Crippen LogP contribution in [0.25, 0.3) is 11.0 Å². The smallest absolute Gasteiger partial charge is 0.228 e. The first-order valence-corrected chi connectivity index (χ1v) is 7.43. The summed E-state index contributed by atoms with van der Waals surface area (Å²) in [4.78, 5) is 16.7. The molecule has 0 aliphatic heterocycles. The monoisotopic (exact) mass is 309 g/mol. The normalized spacial score (nSPS) is 10.7. The first kappa shape index (κ1) is 15.1. The molecule has 0 spiro atoms. The summed E-state index contributed by atoms with van der Waals surface area (Å²) in [6.07, 6.45) is 0.267. The third-order valence-electron chi connectivity index (χ3n) is 3.93. The average molecular weight is 309 g/mol. The fourth-order valence-corrected chi connectivity index (χ4v) is 2.63. The predicted molar refractivity (Wildman–Crippen MR) is 90.8 cm³/mol. The van der Waals surface area contributed by atoms with Crippen LogP contribution in [0.3, 0.4) is 0 Å². The van der Waals surface area contributed by atoms with Crippen LogP contribution in [0.1, 0.15) is 11.4 Å². The molecule has 0 radical (unpaired) electrons. The molecule has 0 unspecified atom stereocenters. The van der Waals surface area contributed by atoms with Gasteiger partial charge in [-0.3, -0.25) is 4.79 Å². The van der Waals surface area contributed by atoms with Gasteiger partial charge in [0.2, 0.25) is 5.91 Å². The van der Waals surface area contributed by atoms with Crippen LogP contribution in [-0.4, -0.2) is 22.6 Å². The van der Waals surface area contributed by atoms with E-state index in [9.17, 15) is 4.79 Å². The van der Waals surface area contributed by atoms with Gasteiger partial charge in [-0.05, 0) is 31.2 Å². The molecule has 3 aromatic rings. The van der Waals surface area contributed by atoms with Crippen LogP contribution in [0.2, 0.25) is 0 Å². The number of carbonyl (C=O) groups excluding carboxylic acids is 1. The number of rotatable bonds is 4. The zero-order valence-electron chi connectivity index (χ0n) is 13.5. The highest BCUT2D eigenvalue weighted by atomic mass is 16.5. The summed E-state index contributed by atoms with van der Waals surface area (Å²) < 4.78 is 7.30. The molecule has 1 N–H and O–H groups in total. The average Bonchev–Trinajstić information content (AvgIpc) is 2.82. The van der Waals surface area contributed by atoms with Crippen molar-refractivity contribution < 1.29 is 9.53 Å². The minimum Gasteiger partial charge on any atom is -0.496 e. The van der Waals surface area contributed by atoms with Gasteiger partial charge in [-0.15, -0.1) is 0 Å². The number of nitrogens with zero attached hydrogens (tertiary/aromatic N) is 2. The summed E-state index contributed by atoms with van der Waals surface area (Å²) in [6, 6.07) is 13.3. The van der Waals surface area contributed by atoms with E-state index < -0.39 is 0 Å². The quantitative estimate of drug-likeness (QED) is 0.806. The second-order valence-corrected chi connectivity index (χ2v) is 5.46. The van der Waals surface area contributed by atoms with Gasteiger partial charge in [0.05, 0.1) is 24.6 Å². The van der Waals surface area contributed by atoms with Crippen molar-refractivity contribution in [3.8, 4) is 5.75 Å². The highest BCUT2D eigenvalue weighted by Crippen LogP contribution is 2.21. The Hall–Kier alpha value is -2.82. The van der Waals surface area contributed by atoms with E-state index in [1.807, 2.05) is 61.0 Å². The lowest BCUT2D eigenvalue weighted by Crippen LogP contribution is -2.14. The summed E-state index contributed by atoms with van der Waals surface area (Å²) in [5, 5.41) is 2.92. The third-order valence-corrected chi connectivity index (χ3v) is 3.93. The Morgan fingerprint density at radius 1 is 1.26 bits per heavy atom. The van der Waals surface area contributed by atoms with E-state index in [1.54, 1.807) is 7.11 Å². The lowest BCUT2D eigenvalue weighted by atomic mass is 10.1. The van der Waals surface area contributed by atoms with Gasteiger partial charge in [-0.2, -0.15) is 0 Å². The standard InChI is InChI=1S/C18H19N3O2/c1-12-19-15-11-14(8-9-16(15)21(12)2)20-18(22)10-13-6-4-5-7-17(13)23-3/h4-9,11H,10H2,1-3H3,(H,20,22). The zero-order chi connectivity index (χ0) is 16.4. The molecule has 23 heavy (non-hydrogen) atoms. The van der Waals surface area contributed by atoms with Crippen molar-refractivity contribution in [1.82, 2.24) is 9.55 Å². The number of anilines is 1. The number of fused-ring (bicyclic) bond motifs is 1. The molecule has 1 amide bonds. The molecule has 1 aromatic heterocycles. The molecule has 0 bridgehead atoms. The molecule has 1 heterocycles. The summed E-state index contributed by atoms with van der Waals surface area (Å²) >= 11 is 0. The van der Waals surface area contributed by atoms with Crippen molar-refractivity contribution >= 4 is 22.6 Å². The van der Waals surface area contributed by atoms with Crippen molar-refractivity contribution in [2.24, 2.45) is 7.05 Å². The first-order chi connectivity index (χ1) is 11.1. The number of benzene rings is 2. The van der Waals surface area contributed by atoms with E-state index in [-0.39, 0.29) is 12.3 Å². The summed E-state index contributed by atoms with van der Waals surface area (Å²) in [7, 11) is 3.58. The third kappa shape index (κ3) is 3.04. The zero-order valence-corrected chi connectivity index (χ0v) is 13.5. The number of hydrogen-bond acceptors (Lipinski definition) is 3. The number of hydrogen-bond donors (Lipinski definition) is 1. The number of nitrogens with one attached hydrogen (secondary N) is 1. The fraction of sp³-hybridized carbons (Fsp3) is 0.222. The van der Waals surface area contributed by atoms with E-state index in [4.69, 9.17) is 4.74 Å². The van der Waals surface area contributed by atoms with Gasteiger partial charge in [0.1, 0.15) is 11.6 Å². The van der Waals surface area contributed by atoms with Crippen molar-refractivity contribution in [2.45, 2.75) is 13.3 Å². The molecule has 0 atom stereocenters. The van der Waals surface area contributed by atoms with Crippen LogP contribution in [0, 0.1) is 6.92 Å². The molecule has 0 fully saturated rings. The van der Waals surface area contributed by atoms with Crippen LogP contribution in [0.5, 0.6) is 5.75 Å². The summed E-state index contributed by atoms with van der Waals surface area (Å²) in [6.45, 7) is 1.96. The molecule has 2 aromatic carbocycles. The molecule has 3 rings (SSSR count). The molecule has 0 aliphatic rings. The van der Waals surface area contributed by atoms with Crippen molar-refractivity contribution in [3.63, 3.8) is 0 Å². The van der Waals surface area contributed by atoms with Gasteiger partial charge >= 0.3 is 0 Å². The first-order valence-electron chi connectivity index (χ1n) is 7.43. The second kappa shape index (κ2) is 6.12. The number of ether oxygens (including phenoxy) is 1. The predicted octanol–water partition coefficient (Wildman–Crippen LogP) is 3.07. The minimum atomic E-state index is -0.0819. The maximum Gasteiger partial charge on any atom is 0.228 e. The van der Waals surface area contributed by atoms with E-state index in [0.29, 0.717) is 0 Å². The van der Waals surface area contributed by atoms with Crippen molar-refractivity contribution in [3.05, 3.63) is 53.9 Å².